The molecule has 1 fully saturated rings. The number of halogens is 1. The van der Waals surface area contributed by atoms with Crippen LogP contribution < -0.4 is 20.0 Å². The molecular weight excluding hydrogens is 638 g/mol. The quantitative estimate of drug-likeness (QED) is 0.120. The molecule has 0 unspecified atom stereocenters. The zero-order valence-corrected chi connectivity index (χ0v) is 29.0. The van der Waals surface area contributed by atoms with Gasteiger partial charge in [0, 0.05) is 111 Å². The van der Waals surface area contributed by atoms with Crippen LogP contribution in [0.4, 0.5) is 15.8 Å². The summed E-state index contributed by atoms with van der Waals surface area (Å²) >= 11 is 1.76. The second-order valence-corrected chi connectivity index (χ2v) is 13.5. The van der Waals surface area contributed by atoms with Gasteiger partial charge in [0.05, 0.1) is 16.9 Å². The number of piperazine rings is 1. The summed E-state index contributed by atoms with van der Waals surface area (Å²) < 4.78 is 25.1. The van der Waals surface area contributed by atoms with Crippen LogP contribution in [0.3, 0.4) is 0 Å². The Morgan fingerprint density at radius 2 is 1.82 bits per heavy atom. The van der Waals surface area contributed by atoms with Crippen molar-refractivity contribution in [1.29, 1.82) is 0 Å². The molecule has 1 saturated heterocycles. The predicted octanol–water partition coefficient (Wildman–Crippen LogP) is 6.14. The van der Waals surface area contributed by atoms with Crippen LogP contribution in [0.1, 0.15) is 35.7 Å². The van der Waals surface area contributed by atoms with E-state index in [9.17, 15) is 4.79 Å². The number of hydrogen-bond donors (Lipinski definition) is 0. The summed E-state index contributed by atoms with van der Waals surface area (Å²) in [5, 5.41) is 12.5. The van der Waals surface area contributed by atoms with Gasteiger partial charge in [0.25, 0.3) is 0 Å². The van der Waals surface area contributed by atoms with Gasteiger partial charge < -0.3 is 14.2 Å². The third-order valence-electron chi connectivity index (χ3n) is 9.44. The molecule has 0 bridgehead atoms. The predicted molar refractivity (Wildman–Crippen MR) is 196 cm³/mol. The van der Waals surface area contributed by atoms with Crippen molar-refractivity contribution in [1.82, 2.24) is 19.9 Å². The molecule has 5 heterocycles. The molecule has 7 rings (SSSR count). The lowest BCUT2D eigenvalue weighted by Crippen LogP contribution is -2.46. The highest BCUT2D eigenvalue weighted by Crippen LogP contribution is 2.27. The highest BCUT2D eigenvalue weighted by atomic mass is 32.1. The van der Waals surface area contributed by atoms with E-state index in [0.717, 1.165) is 79.1 Å². The van der Waals surface area contributed by atoms with Crippen molar-refractivity contribution in [3.63, 3.8) is 0 Å². The van der Waals surface area contributed by atoms with E-state index >= 15 is 4.39 Å². The van der Waals surface area contributed by atoms with Crippen LogP contribution in [0.2, 0.25) is 0 Å². The number of aryl methyl sites for hydroxylation is 3. The van der Waals surface area contributed by atoms with E-state index in [1.54, 1.807) is 23.5 Å². The molecule has 0 aliphatic carbocycles. The lowest BCUT2D eigenvalue weighted by molar-refractivity contribution is -0.646. The standard InChI is InChI=1S/C38H41FN7O2S/c1-4-44(5-2)32-13-9-28-21-29(38(47)48-37(28)23-32)10-12-31-11-8-27-22-34(39)36(24-35(27)42(31)3)45-18-16-43(17-19-45)25-30-26-46(41-40-30)15-14-33-7-6-20-49-33/h6-13,20-24,26H,4-5,14-19,25H2,1-3H3/q+1. The largest absolute Gasteiger partial charge is 0.422 e. The van der Waals surface area contributed by atoms with Crippen molar-refractivity contribution in [2.75, 3.05) is 49.1 Å². The van der Waals surface area contributed by atoms with E-state index in [1.807, 2.05) is 65.0 Å². The molecule has 49 heavy (non-hydrogen) atoms. The fraction of sp³-hybridized carbons (Fsp3) is 0.316. The van der Waals surface area contributed by atoms with Crippen LogP contribution in [0.15, 0.2) is 81.5 Å². The smallest absolute Gasteiger partial charge is 0.343 e. The summed E-state index contributed by atoms with van der Waals surface area (Å²) in [5.41, 5.74) is 5.05. The molecule has 1 aliphatic rings. The number of benzene rings is 2. The Labute approximate surface area is 289 Å². The van der Waals surface area contributed by atoms with Gasteiger partial charge in [-0.1, -0.05) is 11.3 Å². The van der Waals surface area contributed by atoms with Crippen molar-refractivity contribution in [2.45, 2.75) is 33.4 Å². The average Bonchev–Trinajstić information content (AvgIpc) is 3.80. The fourth-order valence-corrected chi connectivity index (χ4v) is 7.29. The molecule has 11 heteroatoms. The molecule has 0 spiro atoms. The summed E-state index contributed by atoms with van der Waals surface area (Å²) in [4.78, 5) is 21.0. The van der Waals surface area contributed by atoms with Crippen LogP contribution in [0, 0.1) is 5.82 Å². The number of fused-ring (bicyclic) bond motifs is 2. The van der Waals surface area contributed by atoms with Crippen molar-refractivity contribution >= 4 is 56.7 Å². The molecule has 0 atom stereocenters. The van der Waals surface area contributed by atoms with Gasteiger partial charge in [0.2, 0.25) is 11.2 Å². The number of thiophene rings is 1. The van der Waals surface area contributed by atoms with Gasteiger partial charge in [-0.05, 0) is 61.7 Å². The summed E-state index contributed by atoms with van der Waals surface area (Å²) in [6.45, 7) is 10.5. The van der Waals surface area contributed by atoms with Crippen LogP contribution in [0.5, 0.6) is 0 Å². The van der Waals surface area contributed by atoms with E-state index in [2.05, 4.69) is 62.4 Å². The van der Waals surface area contributed by atoms with Crippen molar-refractivity contribution < 1.29 is 13.4 Å². The molecule has 6 aromatic rings. The van der Waals surface area contributed by atoms with Gasteiger partial charge in [-0.15, -0.1) is 16.4 Å². The van der Waals surface area contributed by atoms with Crippen LogP contribution in [-0.2, 0) is 26.6 Å². The lowest BCUT2D eigenvalue weighted by Gasteiger charge is -2.35. The maximum atomic E-state index is 15.5. The van der Waals surface area contributed by atoms with E-state index in [1.165, 1.54) is 4.88 Å². The molecule has 0 amide bonds. The summed E-state index contributed by atoms with van der Waals surface area (Å²) in [7, 11) is 1.97. The molecule has 1 aliphatic heterocycles. The first-order valence-electron chi connectivity index (χ1n) is 16.9. The Bertz CT molecular complexity index is 2160. The third-order valence-corrected chi connectivity index (χ3v) is 10.4. The minimum absolute atomic E-state index is 0.226. The Morgan fingerprint density at radius 3 is 2.59 bits per heavy atom. The van der Waals surface area contributed by atoms with E-state index in [4.69, 9.17) is 4.42 Å². The van der Waals surface area contributed by atoms with E-state index in [-0.39, 0.29) is 11.4 Å². The number of rotatable bonds is 11. The highest BCUT2D eigenvalue weighted by molar-refractivity contribution is 7.09. The molecular formula is C38H41FN7O2S+. The Morgan fingerprint density at radius 1 is 1.00 bits per heavy atom. The normalized spacial score (nSPS) is 14.1. The number of aromatic nitrogens is 4. The minimum atomic E-state index is -0.383. The van der Waals surface area contributed by atoms with Crippen LogP contribution in [0.25, 0.3) is 34.0 Å². The molecule has 252 valence electrons. The first-order chi connectivity index (χ1) is 23.9. The first-order valence-corrected chi connectivity index (χ1v) is 17.8. The number of anilines is 2. The maximum Gasteiger partial charge on any atom is 0.343 e. The van der Waals surface area contributed by atoms with Gasteiger partial charge in [-0.3, -0.25) is 9.58 Å². The Balaban J connectivity index is 1.03. The second kappa shape index (κ2) is 14.3. The SMILES string of the molecule is CCN(CC)c1ccc2cc(/C=C/c3ccc4cc(F)c(N5CCN(Cc6cn(CCc7cccs7)nn6)CC5)cc4[n+]3C)c(=O)oc2c1. The molecule has 0 radical (unpaired) electrons. The van der Waals surface area contributed by atoms with Gasteiger partial charge in [-0.2, -0.15) is 4.57 Å². The van der Waals surface area contributed by atoms with Crippen LogP contribution >= 0.6 is 11.3 Å². The highest BCUT2D eigenvalue weighted by Gasteiger charge is 2.23. The van der Waals surface area contributed by atoms with Crippen molar-refractivity contribution in [3.8, 4) is 0 Å². The summed E-state index contributed by atoms with van der Waals surface area (Å²) in [5.74, 6) is -0.226. The average molecular weight is 679 g/mol. The van der Waals surface area contributed by atoms with Crippen molar-refractivity contribution in [3.05, 3.63) is 110 Å². The molecule has 0 saturated carbocycles. The van der Waals surface area contributed by atoms with E-state index < -0.39 is 0 Å². The summed E-state index contributed by atoms with van der Waals surface area (Å²) in [6.07, 6.45) is 6.68. The van der Waals surface area contributed by atoms with Gasteiger partial charge in [0.1, 0.15) is 18.4 Å². The van der Waals surface area contributed by atoms with Gasteiger partial charge in [-0.25, -0.2) is 9.18 Å². The number of nitrogens with zero attached hydrogens (tertiary/aromatic N) is 7. The number of pyridine rings is 1. The lowest BCUT2D eigenvalue weighted by atomic mass is 10.1. The van der Waals surface area contributed by atoms with Gasteiger partial charge in [0.15, 0.2) is 0 Å². The first kappa shape index (κ1) is 32.7. The molecule has 0 N–H and O–H groups in total. The topological polar surface area (TPSA) is 74.5 Å². The fourth-order valence-electron chi connectivity index (χ4n) is 6.59. The molecule has 4 aromatic heterocycles. The van der Waals surface area contributed by atoms with Gasteiger partial charge >= 0.3 is 5.63 Å². The Kier molecular flexibility index (Phi) is 9.54. The summed E-state index contributed by atoms with van der Waals surface area (Å²) in [6, 6.07) is 19.5. The van der Waals surface area contributed by atoms with Crippen LogP contribution in [-0.4, -0.2) is 59.2 Å². The maximum absolute atomic E-state index is 15.5. The monoisotopic (exact) mass is 678 g/mol. The zero-order valence-electron chi connectivity index (χ0n) is 28.2. The van der Waals surface area contributed by atoms with Crippen molar-refractivity contribution in [2.24, 2.45) is 7.05 Å². The second-order valence-electron chi connectivity index (χ2n) is 12.5. The minimum Gasteiger partial charge on any atom is -0.422 e. The molecule has 2 aromatic carbocycles. The van der Waals surface area contributed by atoms with E-state index in [0.29, 0.717) is 29.9 Å². The third kappa shape index (κ3) is 7.13. The Hall–Kier alpha value is -4.87. The number of hydrogen-bond acceptors (Lipinski definition) is 8. The molecule has 9 nitrogen and oxygen atoms in total. The zero-order chi connectivity index (χ0) is 33.9.